The molecule has 3 heteroatoms. The van der Waals surface area contributed by atoms with Crippen molar-refractivity contribution >= 4 is 0 Å². The minimum Gasteiger partial charge on any atom is -0.397 e. The van der Waals surface area contributed by atoms with Gasteiger partial charge in [-0.25, -0.2) is 0 Å². The van der Waals surface area contributed by atoms with Gasteiger partial charge in [0.1, 0.15) is 0 Å². The zero-order valence-corrected chi connectivity index (χ0v) is 9.63. The van der Waals surface area contributed by atoms with E-state index in [1.165, 1.54) is 5.56 Å². The number of aliphatic hydroxyl groups excluding tert-OH is 3. The third kappa shape index (κ3) is 3.04. The Morgan fingerprint density at radius 2 is 1.88 bits per heavy atom. The molecule has 2 rings (SSSR count). The molecule has 0 heterocycles. The molecule has 1 aromatic rings. The maximum atomic E-state index is 9.86. The second kappa shape index (κ2) is 6.63. The molecular formula is C13H20O3. The average molecular weight is 224 g/mol. The van der Waals surface area contributed by atoms with Crippen molar-refractivity contribution in [1.82, 2.24) is 0 Å². The van der Waals surface area contributed by atoms with Crippen LogP contribution in [-0.4, -0.2) is 28.5 Å². The summed E-state index contributed by atoms with van der Waals surface area (Å²) in [6.07, 6.45) is 1.22. The molecule has 1 aliphatic carbocycles. The van der Waals surface area contributed by atoms with Gasteiger partial charge in [-0.05, 0) is 36.8 Å². The van der Waals surface area contributed by atoms with Crippen LogP contribution in [0.1, 0.15) is 30.6 Å². The Hall–Kier alpha value is -0.900. The fraction of sp³-hybridized carbons (Fsp3) is 0.538. The minimum atomic E-state index is -0.372. The van der Waals surface area contributed by atoms with Gasteiger partial charge in [-0.15, -0.1) is 0 Å². The lowest BCUT2D eigenvalue weighted by Crippen LogP contribution is -2.08. The predicted molar refractivity (Wildman–Crippen MR) is 63.1 cm³/mol. The molecule has 90 valence electrons. The molecule has 0 bridgehead atoms. The second-order valence-corrected chi connectivity index (χ2v) is 3.94. The summed E-state index contributed by atoms with van der Waals surface area (Å²) in [6.45, 7) is 2.09. The Bertz CT molecular complexity index is 312. The van der Waals surface area contributed by atoms with E-state index in [0.29, 0.717) is 6.42 Å². The third-order valence-corrected chi connectivity index (χ3v) is 2.80. The molecule has 0 aromatic heterocycles. The maximum Gasteiger partial charge on any atom is 0.0824 e. The number of aliphatic hydroxyl groups is 3. The average Bonchev–Trinajstić information content (AvgIpc) is 2.59. The molecule has 3 N–H and O–H groups in total. The molecule has 1 aromatic carbocycles. The minimum absolute atomic E-state index is 0.162. The Kier molecular flexibility index (Phi) is 5.46. The first-order valence-corrected chi connectivity index (χ1v) is 5.72. The van der Waals surface area contributed by atoms with Crippen LogP contribution in [0.4, 0.5) is 0 Å². The SMILES string of the molecule is CCO.OCCC1Cc2ccccc2C1O. The van der Waals surface area contributed by atoms with Crippen molar-refractivity contribution in [2.75, 3.05) is 13.2 Å². The summed E-state index contributed by atoms with van der Waals surface area (Å²) in [7, 11) is 0. The third-order valence-electron chi connectivity index (χ3n) is 2.80. The van der Waals surface area contributed by atoms with Crippen LogP contribution in [0.2, 0.25) is 0 Å². The summed E-state index contributed by atoms with van der Waals surface area (Å²) in [4.78, 5) is 0. The monoisotopic (exact) mass is 224 g/mol. The fourth-order valence-corrected chi connectivity index (χ4v) is 2.08. The number of rotatable bonds is 2. The second-order valence-electron chi connectivity index (χ2n) is 3.94. The highest BCUT2D eigenvalue weighted by Crippen LogP contribution is 2.37. The van der Waals surface area contributed by atoms with E-state index in [1.807, 2.05) is 18.2 Å². The van der Waals surface area contributed by atoms with E-state index in [1.54, 1.807) is 6.92 Å². The van der Waals surface area contributed by atoms with E-state index in [9.17, 15) is 5.11 Å². The predicted octanol–water partition coefficient (Wildman–Crippen LogP) is 1.27. The number of hydrogen-bond donors (Lipinski definition) is 3. The molecule has 0 saturated carbocycles. The van der Waals surface area contributed by atoms with Crippen LogP contribution in [0, 0.1) is 5.92 Å². The topological polar surface area (TPSA) is 60.7 Å². The van der Waals surface area contributed by atoms with Crippen LogP contribution < -0.4 is 0 Å². The van der Waals surface area contributed by atoms with Gasteiger partial charge in [0.2, 0.25) is 0 Å². The summed E-state index contributed by atoms with van der Waals surface area (Å²) in [5, 5.41) is 26.2. The standard InChI is InChI=1S/C11H14O2.C2H6O/c12-6-5-9-7-8-3-1-2-4-10(8)11(9)13;1-2-3/h1-4,9,11-13H,5-7H2;3H,2H2,1H3. The Morgan fingerprint density at radius 3 is 2.44 bits per heavy atom. The van der Waals surface area contributed by atoms with Gasteiger partial charge in [-0.3, -0.25) is 0 Å². The summed E-state index contributed by atoms with van der Waals surface area (Å²) in [6, 6.07) is 7.96. The van der Waals surface area contributed by atoms with Gasteiger partial charge in [-0.1, -0.05) is 24.3 Å². The van der Waals surface area contributed by atoms with Crippen LogP contribution in [0.15, 0.2) is 24.3 Å². The first-order chi connectivity index (χ1) is 7.74. The van der Waals surface area contributed by atoms with Crippen molar-refractivity contribution < 1.29 is 15.3 Å². The van der Waals surface area contributed by atoms with Gasteiger partial charge in [-0.2, -0.15) is 0 Å². The van der Waals surface area contributed by atoms with Gasteiger partial charge in [0.05, 0.1) is 6.10 Å². The highest BCUT2D eigenvalue weighted by Gasteiger charge is 2.29. The van der Waals surface area contributed by atoms with E-state index in [4.69, 9.17) is 10.2 Å². The smallest absolute Gasteiger partial charge is 0.0824 e. The van der Waals surface area contributed by atoms with Crippen LogP contribution in [0.5, 0.6) is 0 Å². The Labute approximate surface area is 96.4 Å². The quantitative estimate of drug-likeness (QED) is 0.709. The molecule has 2 atom stereocenters. The molecule has 2 unspecified atom stereocenters. The highest BCUT2D eigenvalue weighted by molar-refractivity contribution is 5.34. The summed E-state index contributed by atoms with van der Waals surface area (Å²) < 4.78 is 0. The molecule has 0 saturated heterocycles. The summed E-state index contributed by atoms with van der Waals surface area (Å²) in [5.74, 6) is 0.211. The zero-order valence-electron chi connectivity index (χ0n) is 9.63. The maximum absolute atomic E-state index is 9.86. The van der Waals surface area contributed by atoms with E-state index in [-0.39, 0.29) is 25.2 Å². The Balaban J connectivity index is 0.000000386. The van der Waals surface area contributed by atoms with Crippen molar-refractivity contribution in [3.63, 3.8) is 0 Å². The zero-order chi connectivity index (χ0) is 12.0. The summed E-state index contributed by atoms with van der Waals surface area (Å²) in [5.41, 5.74) is 2.27. The van der Waals surface area contributed by atoms with Gasteiger partial charge >= 0.3 is 0 Å². The molecule has 0 aliphatic heterocycles. The van der Waals surface area contributed by atoms with Crippen molar-refractivity contribution in [1.29, 1.82) is 0 Å². The van der Waals surface area contributed by atoms with E-state index in [0.717, 1.165) is 12.0 Å². The van der Waals surface area contributed by atoms with E-state index in [2.05, 4.69) is 6.07 Å². The molecular weight excluding hydrogens is 204 g/mol. The highest BCUT2D eigenvalue weighted by atomic mass is 16.3. The van der Waals surface area contributed by atoms with Gasteiger partial charge in [0.15, 0.2) is 0 Å². The largest absolute Gasteiger partial charge is 0.397 e. The van der Waals surface area contributed by atoms with Crippen molar-refractivity contribution in [2.24, 2.45) is 5.92 Å². The normalized spacial score (nSPS) is 22.2. The first-order valence-electron chi connectivity index (χ1n) is 5.72. The fourth-order valence-electron chi connectivity index (χ4n) is 2.08. The van der Waals surface area contributed by atoms with Crippen LogP contribution in [0.25, 0.3) is 0 Å². The molecule has 0 amide bonds. The molecule has 0 fully saturated rings. The molecule has 16 heavy (non-hydrogen) atoms. The van der Waals surface area contributed by atoms with Gasteiger partial charge in [0, 0.05) is 13.2 Å². The van der Waals surface area contributed by atoms with Crippen LogP contribution in [-0.2, 0) is 6.42 Å². The molecule has 1 aliphatic rings. The number of hydrogen-bond acceptors (Lipinski definition) is 3. The van der Waals surface area contributed by atoms with Crippen molar-refractivity contribution in [2.45, 2.75) is 25.9 Å². The van der Waals surface area contributed by atoms with Crippen LogP contribution in [0.3, 0.4) is 0 Å². The molecule has 3 nitrogen and oxygen atoms in total. The lowest BCUT2D eigenvalue weighted by molar-refractivity contribution is 0.104. The van der Waals surface area contributed by atoms with E-state index >= 15 is 0 Å². The van der Waals surface area contributed by atoms with Crippen molar-refractivity contribution in [3.8, 4) is 0 Å². The first kappa shape index (κ1) is 13.2. The van der Waals surface area contributed by atoms with E-state index < -0.39 is 0 Å². The number of fused-ring (bicyclic) bond motifs is 1. The number of benzene rings is 1. The van der Waals surface area contributed by atoms with Gasteiger partial charge < -0.3 is 15.3 Å². The Morgan fingerprint density at radius 1 is 1.25 bits per heavy atom. The molecule has 0 spiro atoms. The van der Waals surface area contributed by atoms with Crippen molar-refractivity contribution in [3.05, 3.63) is 35.4 Å². The lowest BCUT2D eigenvalue weighted by atomic mass is 10.0. The lowest BCUT2D eigenvalue weighted by Gasteiger charge is -2.12. The van der Waals surface area contributed by atoms with Crippen LogP contribution >= 0.6 is 0 Å². The van der Waals surface area contributed by atoms with Gasteiger partial charge in [0.25, 0.3) is 0 Å². The summed E-state index contributed by atoms with van der Waals surface area (Å²) >= 11 is 0. The molecule has 0 radical (unpaired) electrons.